The fourth-order valence-corrected chi connectivity index (χ4v) is 0.684. The summed E-state index contributed by atoms with van der Waals surface area (Å²) in [5.41, 5.74) is 1.32. The molecule has 0 rings (SSSR count). The van der Waals surface area contributed by atoms with Crippen molar-refractivity contribution in [2.45, 2.75) is 46.6 Å². The minimum atomic E-state index is 0.152. The van der Waals surface area contributed by atoms with Gasteiger partial charge in [-0.15, -0.1) is 0 Å². The molecule has 0 bridgehead atoms. The highest BCUT2D eigenvalue weighted by molar-refractivity contribution is 5.79. The van der Waals surface area contributed by atoms with Crippen LogP contribution in [0, 0.1) is 0 Å². The number of hydrogen-bond donors (Lipinski definition) is 0. The smallest absolute Gasteiger partial charge is 0.0548 e. The van der Waals surface area contributed by atoms with Crippen molar-refractivity contribution in [3.8, 4) is 0 Å². The Morgan fingerprint density at radius 3 is 1.89 bits per heavy atom. The molecule has 0 heterocycles. The van der Waals surface area contributed by atoms with Gasteiger partial charge in [-0.1, -0.05) is 6.92 Å². The molecule has 0 aliphatic rings. The zero-order chi connectivity index (χ0) is 7.49. The Hall–Kier alpha value is -0.330. The number of aliphatic imine (C=N–C) groups is 1. The van der Waals surface area contributed by atoms with E-state index >= 15 is 0 Å². The van der Waals surface area contributed by atoms with Gasteiger partial charge < -0.3 is 0 Å². The van der Waals surface area contributed by atoms with E-state index in [4.69, 9.17) is 0 Å². The maximum absolute atomic E-state index is 4.44. The summed E-state index contributed by atoms with van der Waals surface area (Å²) >= 11 is 0. The molecule has 1 heteroatoms. The molecule has 0 N–H and O–H groups in total. The maximum atomic E-state index is 4.44. The molecule has 0 amide bonds. The molecule has 0 spiro atoms. The van der Waals surface area contributed by atoms with E-state index in [0.29, 0.717) is 0 Å². The van der Waals surface area contributed by atoms with Crippen LogP contribution in [0.2, 0.25) is 0 Å². The molecule has 0 atom stereocenters. The molecular formula is C8H17N. The van der Waals surface area contributed by atoms with Crippen molar-refractivity contribution >= 4 is 5.71 Å². The molecule has 9 heavy (non-hydrogen) atoms. The minimum absolute atomic E-state index is 0.152. The second-order valence-electron chi connectivity index (χ2n) is 3.23. The summed E-state index contributed by atoms with van der Waals surface area (Å²) in [7, 11) is 0. The van der Waals surface area contributed by atoms with E-state index in [0.717, 1.165) is 6.42 Å². The van der Waals surface area contributed by atoms with Crippen molar-refractivity contribution in [3.63, 3.8) is 0 Å². The van der Waals surface area contributed by atoms with Gasteiger partial charge >= 0.3 is 0 Å². The first-order chi connectivity index (χ1) is 3.98. The lowest BCUT2D eigenvalue weighted by molar-refractivity contribution is 0.505. The molecule has 0 aromatic heterocycles. The predicted molar refractivity (Wildman–Crippen MR) is 43.2 cm³/mol. The molecule has 0 saturated heterocycles. The van der Waals surface area contributed by atoms with Gasteiger partial charge in [-0.25, -0.2) is 0 Å². The van der Waals surface area contributed by atoms with E-state index in [9.17, 15) is 0 Å². The average Bonchev–Trinajstić information content (AvgIpc) is 1.63. The largest absolute Gasteiger partial charge is 0.289 e. The fraction of sp³-hybridized carbons (Fsp3) is 0.875. The van der Waals surface area contributed by atoms with Gasteiger partial charge in [-0.2, -0.15) is 0 Å². The molecule has 0 unspecified atom stereocenters. The summed E-state index contributed by atoms with van der Waals surface area (Å²) in [6.45, 7) is 10.5. The van der Waals surface area contributed by atoms with Crippen molar-refractivity contribution in [2.24, 2.45) is 4.99 Å². The molecule has 0 aliphatic carbocycles. The third kappa shape index (κ3) is 4.19. The lowest BCUT2D eigenvalue weighted by Crippen LogP contribution is -2.15. The first kappa shape index (κ1) is 8.67. The second kappa shape index (κ2) is 3.00. The van der Waals surface area contributed by atoms with Gasteiger partial charge in [0.15, 0.2) is 0 Å². The molecule has 0 aliphatic heterocycles. The van der Waals surface area contributed by atoms with Crippen LogP contribution in [0.3, 0.4) is 0 Å². The van der Waals surface area contributed by atoms with Gasteiger partial charge in [-0.3, -0.25) is 4.99 Å². The molecule has 54 valence electrons. The van der Waals surface area contributed by atoms with Gasteiger partial charge in [0.25, 0.3) is 0 Å². The van der Waals surface area contributed by atoms with E-state index in [2.05, 4.69) is 25.8 Å². The van der Waals surface area contributed by atoms with Crippen molar-refractivity contribution < 1.29 is 0 Å². The van der Waals surface area contributed by atoms with Crippen molar-refractivity contribution in [3.05, 3.63) is 0 Å². The first-order valence-electron chi connectivity index (χ1n) is 3.51. The Balaban J connectivity index is 4.01. The van der Waals surface area contributed by atoms with E-state index in [1.807, 2.05) is 13.8 Å². The summed E-state index contributed by atoms with van der Waals surface area (Å²) in [6.07, 6.45) is 1.11. The SMILES string of the molecule is CCC(C)(C)N=C(C)C. The lowest BCUT2D eigenvalue weighted by Gasteiger charge is -2.17. The normalized spacial score (nSPS) is 11.2. The van der Waals surface area contributed by atoms with E-state index in [1.165, 1.54) is 5.71 Å². The third-order valence-electron chi connectivity index (χ3n) is 1.39. The Labute approximate surface area is 58.2 Å². The lowest BCUT2D eigenvalue weighted by atomic mass is 10.0. The van der Waals surface area contributed by atoms with E-state index in [-0.39, 0.29) is 5.54 Å². The number of hydrogen-bond acceptors (Lipinski definition) is 1. The van der Waals surface area contributed by atoms with Gasteiger partial charge in [0.1, 0.15) is 0 Å². The molecule has 0 radical (unpaired) electrons. The second-order valence-corrected chi connectivity index (χ2v) is 3.23. The highest BCUT2D eigenvalue weighted by Gasteiger charge is 2.10. The van der Waals surface area contributed by atoms with Crippen molar-refractivity contribution in [1.82, 2.24) is 0 Å². The zero-order valence-electron chi connectivity index (χ0n) is 7.15. The van der Waals surface area contributed by atoms with Crippen LogP contribution in [0.25, 0.3) is 0 Å². The van der Waals surface area contributed by atoms with Crippen LogP contribution < -0.4 is 0 Å². The highest BCUT2D eigenvalue weighted by atomic mass is 14.8. The molecule has 0 saturated carbocycles. The van der Waals surface area contributed by atoms with E-state index in [1.54, 1.807) is 0 Å². The molecule has 0 aromatic rings. The maximum Gasteiger partial charge on any atom is 0.0548 e. The quantitative estimate of drug-likeness (QED) is 0.506. The van der Waals surface area contributed by atoms with Crippen LogP contribution in [0.5, 0.6) is 0 Å². The Bertz CT molecular complexity index is 108. The fourth-order valence-electron chi connectivity index (χ4n) is 0.684. The summed E-state index contributed by atoms with van der Waals surface area (Å²) in [6, 6.07) is 0. The molecule has 0 fully saturated rings. The third-order valence-corrected chi connectivity index (χ3v) is 1.39. The standard InChI is InChI=1S/C8H17N/c1-6-8(4,5)9-7(2)3/h6H2,1-5H3. The van der Waals surface area contributed by atoms with Crippen molar-refractivity contribution in [1.29, 1.82) is 0 Å². The van der Waals surface area contributed by atoms with Gasteiger partial charge in [-0.05, 0) is 34.1 Å². The van der Waals surface area contributed by atoms with Gasteiger partial charge in [0.2, 0.25) is 0 Å². The predicted octanol–water partition coefficient (Wildman–Crippen LogP) is 2.66. The van der Waals surface area contributed by atoms with Crippen LogP contribution in [-0.2, 0) is 0 Å². The van der Waals surface area contributed by atoms with Crippen LogP contribution in [-0.4, -0.2) is 11.3 Å². The summed E-state index contributed by atoms with van der Waals surface area (Å²) in [5, 5.41) is 0. The number of nitrogens with zero attached hydrogens (tertiary/aromatic N) is 1. The number of rotatable bonds is 2. The topological polar surface area (TPSA) is 12.4 Å². The molecule has 1 nitrogen and oxygen atoms in total. The van der Waals surface area contributed by atoms with Crippen LogP contribution in [0.15, 0.2) is 4.99 Å². The first-order valence-corrected chi connectivity index (χ1v) is 3.51. The van der Waals surface area contributed by atoms with Gasteiger partial charge in [0, 0.05) is 5.71 Å². The van der Waals surface area contributed by atoms with Crippen LogP contribution in [0.1, 0.15) is 41.0 Å². The summed E-state index contributed by atoms with van der Waals surface area (Å²) < 4.78 is 0. The van der Waals surface area contributed by atoms with Crippen LogP contribution >= 0.6 is 0 Å². The monoisotopic (exact) mass is 127 g/mol. The van der Waals surface area contributed by atoms with Crippen LogP contribution in [0.4, 0.5) is 0 Å². The summed E-state index contributed by atoms with van der Waals surface area (Å²) in [4.78, 5) is 4.44. The molecular weight excluding hydrogens is 110 g/mol. The van der Waals surface area contributed by atoms with Crippen molar-refractivity contribution in [2.75, 3.05) is 0 Å². The molecule has 0 aromatic carbocycles. The van der Waals surface area contributed by atoms with E-state index < -0.39 is 0 Å². The Kier molecular flexibility index (Phi) is 2.89. The zero-order valence-corrected chi connectivity index (χ0v) is 7.15. The highest BCUT2D eigenvalue weighted by Crippen LogP contribution is 2.12. The Morgan fingerprint density at radius 2 is 1.78 bits per heavy atom. The average molecular weight is 127 g/mol. The minimum Gasteiger partial charge on any atom is -0.289 e. The van der Waals surface area contributed by atoms with Gasteiger partial charge in [0.05, 0.1) is 5.54 Å². The Morgan fingerprint density at radius 1 is 1.33 bits per heavy atom. The summed E-state index contributed by atoms with van der Waals surface area (Å²) in [5.74, 6) is 0.